The van der Waals surface area contributed by atoms with E-state index in [0.717, 1.165) is 37.9 Å². The zero-order chi connectivity index (χ0) is 17.6. The number of nitrogens with two attached hydrogens (primary N) is 1. The highest BCUT2D eigenvalue weighted by Crippen LogP contribution is 2.24. The van der Waals surface area contributed by atoms with E-state index in [1.54, 1.807) is 11.3 Å². The van der Waals surface area contributed by atoms with Crippen LogP contribution in [0.25, 0.3) is 0 Å². The van der Waals surface area contributed by atoms with Crippen molar-refractivity contribution in [3.63, 3.8) is 0 Å². The fourth-order valence-corrected chi connectivity index (χ4v) is 3.89. The Morgan fingerprint density at radius 3 is 2.52 bits per heavy atom. The zero-order valence-corrected chi connectivity index (χ0v) is 15.8. The standard InChI is InChI=1S/C19H27N5S/c1-15(2)17(16-6-4-3-5-7-16)14-22-18(20)23-9-11-24(12-10-23)19-21-8-13-25-19/h3-8,13,15,17H,9-12,14H2,1-2H3,(H2,20,22). The predicted molar refractivity (Wildman–Crippen MR) is 106 cm³/mol. The van der Waals surface area contributed by atoms with Crippen molar-refractivity contribution in [3.05, 3.63) is 47.5 Å². The van der Waals surface area contributed by atoms with Crippen LogP contribution in [0, 0.1) is 5.92 Å². The van der Waals surface area contributed by atoms with Crippen LogP contribution in [0.3, 0.4) is 0 Å². The van der Waals surface area contributed by atoms with Crippen LogP contribution in [0.2, 0.25) is 0 Å². The summed E-state index contributed by atoms with van der Waals surface area (Å²) in [5, 5.41) is 3.12. The number of thiazole rings is 1. The van der Waals surface area contributed by atoms with Gasteiger partial charge in [0.2, 0.25) is 0 Å². The quantitative estimate of drug-likeness (QED) is 0.660. The average molecular weight is 358 g/mol. The third-order valence-corrected chi connectivity index (χ3v) is 5.61. The van der Waals surface area contributed by atoms with Crippen molar-refractivity contribution >= 4 is 22.4 Å². The van der Waals surface area contributed by atoms with Gasteiger partial charge in [-0.2, -0.15) is 0 Å². The molecule has 2 aromatic rings. The molecule has 1 aromatic carbocycles. The molecule has 1 aromatic heterocycles. The van der Waals surface area contributed by atoms with Crippen LogP contribution in [0.4, 0.5) is 5.13 Å². The number of nitrogens with zero attached hydrogens (tertiary/aromatic N) is 4. The van der Waals surface area contributed by atoms with Crippen LogP contribution in [0.1, 0.15) is 25.3 Å². The van der Waals surface area contributed by atoms with E-state index >= 15 is 0 Å². The van der Waals surface area contributed by atoms with Crippen LogP contribution in [0.5, 0.6) is 0 Å². The van der Waals surface area contributed by atoms with Crippen molar-refractivity contribution in [1.82, 2.24) is 9.88 Å². The Balaban J connectivity index is 1.58. The number of anilines is 1. The van der Waals surface area contributed by atoms with Crippen LogP contribution >= 0.6 is 11.3 Å². The lowest BCUT2D eigenvalue weighted by atomic mass is 9.88. The molecule has 3 rings (SSSR count). The van der Waals surface area contributed by atoms with E-state index in [-0.39, 0.29) is 0 Å². The second-order valence-electron chi connectivity index (χ2n) is 6.75. The first-order valence-corrected chi connectivity index (χ1v) is 9.77. The highest BCUT2D eigenvalue weighted by molar-refractivity contribution is 7.13. The Morgan fingerprint density at radius 1 is 1.20 bits per heavy atom. The molecule has 0 amide bonds. The van der Waals surface area contributed by atoms with Gasteiger partial charge in [-0.25, -0.2) is 4.98 Å². The summed E-state index contributed by atoms with van der Waals surface area (Å²) in [6.07, 6.45) is 1.86. The topological polar surface area (TPSA) is 57.8 Å². The lowest BCUT2D eigenvalue weighted by Crippen LogP contribution is -2.51. The molecule has 1 saturated heterocycles. The normalized spacial score (nSPS) is 17.2. The summed E-state index contributed by atoms with van der Waals surface area (Å²) in [6.45, 7) is 8.90. The molecule has 0 radical (unpaired) electrons. The van der Waals surface area contributed by atoms with Crippen molar-refractivity contribution in [2.75, 3.05) is 37.6 Å². The first-order chi connectivity index (χ1) is 12.1. The Hall–Kier alpha value is -2.08. The number of guanidine groups is 1. The number of aromatic nitrogens is 1. The summed E-state index contributed by atoms with van der Waals surface area (Å²) in [4.78, 5) is 13.6. The van der Waals surface area contributed by atoms with E-state index in [2.05, 4.69) is 59.0 Å². The van der Waals surface area contributed by atoms with Gasteiger partial charge >= 0.3 is 0 Å². The molecular formula is C19H27N5S. The van der Waals surface area contributed by atoms with Gasteiger partial charge in [-0.15, -0.1) is 11.3 Å². The summed E-state index contributed by atoms with van der Waals surface area (Å²) >= 11 is 1.69. The number of hydrogen-bond donors (Lipinski definition) is 1. The van der Waals surface area contributed by atoms with Gasteiger partial charge in [0.15, 0.2) is 11.1 Å². The highest BCUT2D eigenvalue weighted by atomic mass is 32.1. The summed E-state index contributed by atoms with van der Waals surface area (Å²) in [6, 6.07) is 10.6. The summed E-state index contributed by atoms with van der Waals surface area (Å²) in [7, 11) is 0. The molecule has 134 valence electrons. The lowest BCUT2D eigenvalue weighted by molar-refractivity contribution is 0.379. The van der Waals surface area contributed by atoms with Gasteiger partial charge in [-0.05, 0) is 11.5 Å². The molecule has 0 aliphatic carbocycles. The number of aliphatic imine (C=N–C) groups is 1. The number of hydrogen-bond acceptors (Lipinski definition) is 4. The van der Waals surface area contributed by atoms with E-state index in [4.69, 9.17) is 10.7 Å². The van der Waals surface area contributed by atoms with Crippen LogP contribution in [-0.2, 0) is 0 Å². The molecule has 1 fully saturated rings. The Kier molecular flexibility index (Phi) is 5.91. The smallest absolute Gasteiger partial charge is 0.191 e. The minimum atomic E-state index is 0.399. The Bertz CT molecular complexity index is 660. The third-order valence-electron chi connectivity index (χ3n) is 4.78. The molecule has 2 heterocycles. The lowest BCUT2D eigenvalue weighted by Gasteiger charge is -2.35. The molecular weight excluding hydrogens is 330 g/mol. The van der Waals surface area contributed by atoms with Crippen molar-refractivity contribution in [1.29, 1.82) is 0 Å². The van der Waals surface area contributed by atoms with Gasteiger partial charge in [-0.3, -0.25) is 4.99 Å². The van der Waals surface area contributed by atoms with E-state index < -0.39 is 0 Å². The van der Waals surface area contributed by atoms with Gasteiger partial charge in [-0.1, -0.05) is 44.2 Å². The minimum Gasteiger partial charge on any atom is -0.370 e. The molecule has 0 spiro atoms. The monoisotopic (exact) mass is 357 g/mol. The van der Waals surface area contributed by atoms with Gasteiger partial charge in [0, 0.05) is 50.2 Å². The zero-order valence-electron chi connectivity index (χ0n) is 15.0. The van der Waals surface area contributed by atoms with Crippen LogP contribution in [-0.4, -0.2) is 48.6 Å². The molecule has 0 saturated carbocycles. The molecule has 1 aliphatic heterocycles. The minimum absolute atomic E-state index is 0.399. The van der Waals surface area contributed by atoms with E-state index in [1.807, 2.05) is 11.6 Å². The maximum Gasteiger partial charge on any atom is 0.191 e. The van der Waals surface area contributed by atoms with Gasteiger partial charge in [0.05, 0.1) is 0 Å². The fraction of sp³-hybridized carbons (Fsp3) is 0.474. The first kappa shape index (κ1) is 17.7. The predicted octanol–water partition coefficient (Wildman–Crippen LogP) is 3.02. The molecule has 5 nitrogen and oxygen atoms in total. The van der Waals surface area contributed by atoms with Crippen LogP contribution in [0.15, 0.2) is 46.9 Å². The van der Waals surface area contributed by atoms with E-state index in [9.17, 15) is 0 Å². The number of benzene rings is 1. The molecule has 1 unspecified atom stereocenters. The molecule has 1 atom stereocenters. The Labute approximate surface area is 154 Å². The van der Waals surface area contributed by atoms with Gasteiger partial charge < -0.3 is 15.5 Å². The summed E-state index contributed by atoms with van der Waals surface area (Å²) < 4.78 is 0. The second-order valence-corrected chi connectivity index (χ2v) is 7.62. The van der Waals surface area contributed by atoms with E-state index in [0.29, 0.717) is 17.8 Å². The largest absolute Gasteiger partial charge is 0.370 e. The van der Waals surface area contributed by atoms with Crippen molar-refractivity contribution in [2.45, 2.75) is 19.8 Å². The van der Waals surface area contributed by atoms with E-state index in [1.165, 1.54) is 5.56 Å². The highest BCUT2D eigenvalue weighted by Gasteiger charge is 2.21. The molecule has 6 heteroatoms. The van der Waals surface area contributed by atoms with Crippen LogP contribution < -0.4 is 10.6 Å². The molecule has 2 N–H and O–H groups in total. The number of piperazine rings is 1. The second kappa shape index (κ2) is 8.34. The average Bonchev–Trinajstić information content (AvgIpc) is 3.17. The van der Waals surface area contributed by atoms with Crippen molar-refractivity contribution < 1.29 is 0 Å². The molecule has 0 bridgehead atoms. The van der Waals surface area contributed by atoms with Crippen molar-refractivity contribution in [2.24, 2.45) is 16.6 Å². The molecule has 1 aliphatic rings. The summed E-state index contributed by atoms with van der Waals surface area (Å²) in [5.41, 5.74) is 7.62. The summed E-state index contributed by atoms with van der Waals surface area (Å²) in [5.74, 6) is 1.59. The van der Waals surface area contributed by atoms with Gasteiger partial charge in [0.25, 0.3) is 0 Å². The first-order valence-electron chi connectivity index (χ1n) is 8.89. The Morgan fingerprint density at radius 2 is 1.92 bits per heavy atom. The third kappa shape index (κ3) is 4.51. The maximum atomic E-state index is 6.28. The fourth-order valence-electron chi connectivity index (χ4n) is 3.19. The van der Waals surface area contributed by atoms with Crippen molar-refractivity contribution in [3.8, 4) is 0 Å². The number of rotatable bonds is 5. The van der Waals surface area contributed by atoms with Gasteiger partial charge in [0.1, 0.15) is 0 Å². The SMILES string of the molecule is CC(C)C(CN=C(N)N1CCN(c2nccs2)CC1)c1ccccc1. The maximum absolute atomic E-state index is 6.28. The molecule has 25 heavy (non-hydrogen) atoms.